The topological polar surface area (TPSA) is 105 Å². The second-order valence-electron chi connectivity index (χ2n) is 21.7. The minimum absolute atomic E-state index is 0.0702. The van der Waals surface area contributed by atoms with Gasteiger partial charge < -0.3 is 19.8 Å². The van der Waals surface area contributed by atoms with Gasteiger partial charge in [0.2, 0.25) is 5.91 Å². The largest absolute Gasteiger partial charge is 0.472 e. The number of likely N-dealkylation sites (N-methyl/N-ethyl adjacent to an activating group) is 1. The molecule has 0 fully saturated rings. The Hall–Kier alpha value is -1.80. The fourth-order valence-corrected chi connectivity index (χ4v) is 9.58. The first-order valence-corrected chi connectivity index (χ1v) is 31.6. The van der Waals surface area contributed by atoms with Crippen molar-refractivity contribution in [3.63, 3.8) is 0 Å². The lowest BCUT2D eigenvalue weighted by Crippen LogP contribution is -2.46. The molecule has 0 aliphatic carbocycles. The molecule has 0 aromatic carbocycles. The third-order valence-corrected chi connectivity index (χ3v) is 14.5. The number of aliphatic hydroxyl groups excluding tert-OH is 1. The summed E-state index contributed by atoms with van der Waals surface area (Å²) in [5.41, 5.74) is 0. The molecule has 0 rings (SSSR count). The van der Waals surface area contributed by atoms with E-state index in [0.717, 1.165) is 77.0 Å². The molecule has 0 aliphatic heterocycles. The molecule has 0 aromatic rings. The van der Waals surface area contributed by atoms with Crippen molar-refractivity contribution in [3.8, 4) is 0 Å². The Morgan fingerprint density at radius 3 is 1.24 bits per heavy atom. The second-order valence-corrected chi connectivity index (χ2v) is 23.2. The van der Waals surface area contributed by atoms with Crippen molar-refractivity contribution in [2.24, 2.45) is 0 Å². The average molecular weight is 1020 g/mol. The van der Waals surface area contributed by atoms with Crippen LogP contribution >= 0.6 is 7.82 Å². The summed E-state index contributed by atoms with van der Waals surface area (Å²) in [5, 5.41) is 14.1. The Morgan fingerprint density at radius 1 is 0.493 bits per heavy atom. The lowest BCUT2D eigenvalue weighted by Gasteiger charge is -2.26. The van der Waals surface area contributed by atoms with Gasteiger partial charge >= 0.3 is 7.82 Å². The average Bonchev–Trinajstić information content (AvgIpc) is 3.33. The Labute approximate surface area is 441 Å². The predicted molar refractivity (Wildman–Crippen MR) is 309 cm³/mol. The number of amides is 1. The molecule has 0 aromatic heterocycles. The second kappa shape index (κ2) is 53.0. The van der Waals surface area contributed by atoms with Crippen molar-refractivity contribution in [1.29, 1.82) is 0 Å². The molecule has 9 heteroatoms. The van der Waals surface area contributed by atoms with Gasteiger partial charge in [0.15, 0.2) is 0 Å². The van der Waals surface area contributed by atoms with Crippen LogP contribution in [-0.4, -0.2) is 73.4 Å². The first-order valence-electron chi connectivity index (χ1n) is 30.2. The number of hydrogen-bond donors (Lipinski definition) is 3. The molecule has 3 unspecified atom stereocenters. The molecule has 0 heterocycles. The highest BCUT2D eigenvalue weighted by Crippen LogP contribution is 2.43. The molecule has 416 valence electrons. The molecular weight excluding hydrogens is 900 g/mol. The summed E-state index contributed by atoms with van der Waals surface area (Å²) in [6.07, 6.45) is 71.4. The predicted octanol–water partition coefficient (Wildman–Crippen LogP) is 18.5. The Bertz CT molecular complexity index is 1340. The van der Waals surface area contributed by atoms with E-state index in [1.807, 2.05) is 21.1 Å². The number of phosphoric acid groups is 1. The zero-order chi connectivity index (χ0) is 52.0. The Morgan fingerprint density at radius 2 is 0.845 bits per heavy atom. The number of quaternary nitrogens is 1. The number of nitrogens with zero attached hydrogens (tertiary/aromatic N) is 1. The van der Waals surface area contributed by atoms with Gasteiger partial charge in [-0.1, -0.05) is 274 Å². The fourth-order valence-electron chi connectivity index (χ4n) is 8.84. The first-order chi connectivity index (χ1) is 34.5. The van der Waals surface area contributed by atoms with Crippen molar-refractivity contribution in [2.45, 2.75) is 289 Å². The summed E-state index contributed by atoms with van der Waals surface area (Å²) in [4.78, 5) is 23.4. The van der Waals surface area contributed by atoms with Gasteiger partial charge in [-0.05, 0) is 57.8 Å². The molecule has 3 atom stereocenters. The molecule has 71 heavy (non-hydrogen) atoms. The molecule has 0 saturated heterocycles. The molecule has 8 nitrogen and oxygen atoms in total. The van der Waals surface area contributed by atoms with Gasteiger partial charge in [-0.2, -0.15) is 0 Å². The van der Waals surface area contributed by atoms with Crippen molar-refractivity contribution in [2.75, 3.05) is 40.9 Å². The lowest BCUT2D eigenvalue weighted by molar-refractivity contribution is -0.870. The SMILES string of the molecule is CC/C=C\C/C=C\C/C=C\C/C=C\C/C=C\CCCCCCCCCC(=O)NC(COP(=O)(O)OCC[N+](C)(C)C)C(O)CCCCCCCCCCCCCCCCCCCCCCCCCCCC. The minimum Gasteiger partial charge on any atom is -0.391 e. The normalized spacial score (nSPS) is 14.3. The highest BCUT2D eigenvalue weighted by Gasteiger charge is 2.28. The van der Waals surface area contributed by atoms with Crippen LogP contribution in [0.5, 0.6) is 0 Å². The number of aliphatic hydroxyl groups is 1. The first kappa shape index (κ1) is 69.2. The third-order valence-electron chi connectivity index (χ3n) is 13.5. The maximum atomic E-state index is 13.0. The van der Waals surface area contributed by atoms with E-state index in [1.54, 1.807) is 0 Å². The zero-order valence-corrected chi connectivity index (χ0v) is 48.4. The van der Waals surface area contributed by atoms with Gasteiger partial charge in [0.05, 0.1) is 39.9 Å². The van der Waals surface area contributed by atoms with E-state index in [4.69, 9.17) is 9.05 Å². The quantitative estimate of drug-likeness (QED) is 0.0243. The van der Waals surface area contributed by atoms with E-state index in [-0.39, 0.29) is 19.1 Å². The highest BCUT2D eigenvalue weighted by atomic mass is 31.2. The van der Waals surface area contributed by atoms with E-state index in [1.165, 1.54) is 173 Å². The standard InChI is InChI=1S/C62H117N2O6P/c1-6-8-10-12-14-16-18-20-22-24-26-28-30-31-32-34-35-37-39-41-43-45-47-49-51-53-55-61(65)60(59-70-71(67,68)69-58-57-64(3,4)5)63-62(66)56-54-52-50-48-46-44-42-40-38-36-33-29-27-25-23-21-19-17-15-13-11-9-7-2/h9,11,15,17,21,23,27,29,36,38,60-61,65H,6-8,10,12-14,16,18-20,22,24-26,28,30-35,37,39-59H2,1-5H3,(H-,63,66,67,68)/p+1/b11-9-,17-15-,23-21-,29-27-,38-36-. The van der Waals surface area contributed by atoms with Gasteiger partial charge in [0.25, 0.3) is 0 Å². The van der Waals surface area contributed by atoms with E-state index in [9.17, 15) is 19.4 Å². The van der Waals surface area contributed by atoms with Crippen LogP contribution in [0, 0.1) is 0 Å². The van der Waals surface area contributed by atoms with Gasteiger partial charge in [-0.3, -0.25) is 13.8 Å². The van der Waals surface area contributed by atoms with Crippen molar-refractivity contribution in [3.05, 3.63) is 60.8 Å². The third kappa shape index (κ3) is 55.8. The number of nitrogens with one attached hydrogen (secondary N) is 1. The van der Waals surface area contributed by atoms with Gasteiger partial charge in [-0.15, -0.1) is 0 Å². The molecule has 0 aliphatic rings. The summed E-state index contributed by atoms with van der Waals surface area (Å²) in [5.74, 6) is -0.154. The molecule has 1 amide bonds. The van der Waals surface area contributed by atoms with E-state index < -0.39 is 20.0 Å². The number of unbranched alkanes of at least 4 members (excludes halogenated alkanes) is 32. The van der Waals surface area contributed by atoms with Crippen LogP contribution in [0.25, 0.3) is 0 Å². The number of phosphoric ester groups is 1. The maximum absolute atomic E-state index is 13.0. The zero-order valence-electron chi connectivity index (χ0n) is 47.5. The van der Waals surface area contributed by atoms with Crippen LogP contribution in [0.15, 0.2) is 60.8 Å². The fraction of sp³-hybridized carbons (Fsp3) is 0.823. The van der Waals surface area contributed by atoms with Gasteiger partial charge in [-0.25, -0.2) is 4.57 Å². The molecule has 3 N–H and O–H groups in total. The number of carbonyl (C=O) groups is 1. The highest BCUT2D eigenvalue weighted by molar-refractivity contribution is 7.47. The minimum atomic E-state index is -4.33. The molecule has 0 radical (unpaired) electrons. The lowest BCUT2D eigenvalue weighted by atomic mass is 10.0. The van der Waals surface area contributed by atoms with Crippen LogP contribution in [0.4, 0.5) is 0 Å². The number of hydrogen-bond acceptors (Lipinski definition) is 5. The summed E-state index contributed by atoms with van der Waals surface area (Å²) >= 11 is 0. The van der Waals surface area contributed by atoms with Crippen molar-refractivity contribution in [1.82, 2.24) is 5.32 Å². The van der Waals surface area contributed by atoms with Crippen LogP contribution in [0.3, 0.4) is 0 Å². The smallest absolute Gasteiger partial charge is 0.391 e. The molecule has 0 spiro atoms. The van der Waals surface area contributed by atoms with E-state index in [0.29, 0.717) is 23.9 Å². The van der Waals surface area contributed by atoms with E-state index >= 15 is 0 Å². The van der Waals surface area contributed by atoms with Gasteiger partial charge in [0.1, 0.15) is 13.2 Å². The number of allylic oxidation sites excluding steroid dienone is 10. The molecular formula is C62H118N2O6P+. The van der Waals surface area contributed by atoms with Crippen LogP contribution < -0.4 is 5.32 Å². The summed E-state index contributed by atoms with van der Waals surface area (Å²) in [6.45, 7) is 4.79. The van der Waals surface area contributed by atoms with Crippen LogP contribution in [0.2, 0.25) is 0 Å². The molecule has 0 saturated carbocycles. The summed E-state index contributed by atoms with van der Waals surface area (Å²) in [6, 6.07) is -0.771. The molecule has 0 bridgehead atoms. The Kier molecular flexibility index (Phi) is 51.7. The van der Waals surface area contributed by atoms with Crippen LogP contribution in [-0.2, 0) is 18.4 Å². The number of carbonyl (C=O) groups excluding carboxylic acids is 1. The van der Waals surface area contributed by atoms with Crippen LogP contribution in [0.1, 0.15) is 277 Å². The van der Waals surface area contributed by atoms with E-state index in [2.05, 4.69) is 79.9 Å². The van der Waals surface area contributed by atoms with Crippen molar-refractivity contribution < 1.29 is 32.9 Å². The Balaban J connectivity index is 4.17. The summed E-state index contributed by atoms with van der Waals surface area (Å²) in [7, 11) is 1.61. The maximum Gasteiger partial charge on any atom is 0.472 e. The summed E-state index contributed by atoms with van der Waals surface area (Å²) < 4.78 is 23.8. The van der Waals surface area contributed by atoms with Gasteiger partial charge in [0, 0.05) is 6.42 Å². The monoisotopic (exact) mass is 1020 g/mol. The van der Waals surface area contributed by atoms with Crippen molar-refractivity contribution >= 4 is 13.7 Å². The number of rotatable bonds is 55.